The smallest absolute Gasteiger partial charge is 0.134 e. The fraction of sp³-hybridized carbons (Fsp3) is 0.375. The summed E-state index contributed by atoms with van der Waals surface area (Å²) in [6.07, 6.45) is 2.09. The average Bonchev–Trinajstić information content (AvgIpc) is 2.15. The second-order valence-electron chi connectivity index (χ2n) is 2.38. The van der Waals surface area contributed by atoms with Crippen molar-refractivity contribution in [2.24, 2.45) is 0 Å². The zero-order valence-corrected chi connectivity index (χ0v) is 6.18. The van der Waals surface area contributed by atoms with Gasteiger partial charge in [-0.05, 0) is 19.9 Å². The molecule has 0 fully saturated rings. The first-order chi connectivity index (χ1) is 4.70. The van der Waals surface area contributed by atoms with Crippen LogP contribution in [-0.4, -0.2) is 5.78 Å². The highest BCUT2D eigenvalue weighted by Gasteiger charge is 2.02. The van der Waals surface area contributed by atoms with E-state index in [1.807, 2.05) is 13.0 Å². The Balaban J connectivity index is 2.74. The molecule has 0 atom stereocenters. The summed E-state index contributed by atoms with van der Waals surface area (Å²) in [4.78, 5) is 10.6. The van der Waals surface area contributed by atoms with Crippen LogP contribution in [0.15, 0.2) is 16.7 Å². The maximum atomic E-state index is 10.6. The van der Waals surface area contributed by atoms with E-state index in [0.717, 1.165) is 11.3 Å². The Morgan fingerprint density at radius 2 is 2.40 bits per heavy atom. The molecule has 0 bridgehead atoms. The summed E-state index contributed by atoms with van der Waals surface area (Å²) in [5, 5.41) is 0. The van der Waals surface area contributed by atoms with Gasteiger partial charge in [0, 0.05) is 12.0 Å². The van der Waals surface area contributed by atoms with Gasteiger partial charge >= 0.3 is 0 Å². The molecule has 0 spiro atoms. The molecule has 2 nitrogen and oxygen atoms in total. The van der Waals surface area contributed by atoms with E-state index >= 15 is 0 Å². The Kier molecular flexibility index (Phi) is 1.90. The lowest BCUT2D eigenvalue weighted by atomic mass is 10.1. The lowest BCUT2D eigenvalue weighted by Gasteiger charge is -1.91. The monoisotopic (exact) mass is 138 g/mol. The minimum atomic E-state index is 0.171. The van der Waals surface area contributed by atoms with Crippen molar-refractivity contribution in [1.29, 1.82) is 0 Å². The molecule has 1 aromatic heterocycles. The van der Waals surface area contributed by atoms with E-state index in [0.29, 0.717) is 6.42 Å². The summed E-state index contributed by atoms with van der Waals surface area (Å²) in [6, 6.07) is 1.83. The maximum Gasteiger partial charge on any atom is 0.134 e. The molecule has 10 heavy (non-hydrogen) atoms. The second kappa shape index (κ2) is 2.69. The number of ketones is 1. The van der Waals surface area contributed by atoms with Gasteiger partial charge < -0.3 is 4.42 Å². The van der Waals surface area contributed by atoms with E-state index in [9.17, 15) is 4.79 Å². The molecule has 2 heteroatoms. The molecule has 0 aliphatic heterocycles. The minimum absolute atomic E-state index is 0.171. The zero-order valence-electron chi connectivity index (χ0n) is 6.18. The number of hydrogen-bond donors (Lipinski definition) is 0. The van der Waals surface area contributed by atoms with Gasteiger partial charge in [-0.1, -0.05) is 0 Å². The van der Waals surface area contributed by atoms with Crippen LogP contribution in [-0.2, 0) is 11.2 Å². The van der Waals surface area contributed by atoms with Gasteiger partial charge in [-0.2, -0.15) is 0 Å². The first-order valence-electron chi connectivity index (χ1n) is 3.22. The van der Waals surface area contributed by atoms with Crippen molar-refractivity contribution in [1.82, 2.24) is 0 Å². The molecule has 54 valence electrons. The standard InChI is InChI=1S/C8H10O2/c1-6(9)5-8-3-4-10-7(8)2/h3-4H,5H2,1-2H3. The van der Waals surface area contributed by atoms with Crippen molar-refractivity contribution in [2.45, 2.75) is 20.3 Å². The summed E-state index contributed by atoms with van der Waals surface area (Å²) in [7, 11) is 0. The number of hydrogen-bond acceptors (Lipinski definition) is 2. The Hall–Kier alpha value is -1.05. The lowest BCUT2D eigenvalue weighted by molar-refractivity contribution is -0.116. The van der Waals surface area contributed by atoms with Gasteiger partial charge in [-0.25, -0.2) is 0 Å². The molecule has 0 aliphatic carbocycles. The van der Waals surface area contributed by atoms with Gasteiger partial charge in [0.15, 0.2) is 0 Å². The van der Waals surface area contributed by atoms with Crippen molar-refractivity contribution >= 4 is 5.78 Å². The van der Waals surface area contributed by atoms with Gasteiger partial charge in [0.2, 0.25) is 0 Å². The molecule has 0 saturated carbocycles. The van der Waals surface area contributed by atoms with Gasteiger partial charge in [-0.3, -0.25) is 4.79 Å². The molecule has 0 saturated heterocycles. The zero-order chi connectivity index (χ0) is 7.56. The fourth-order valence-electron chi connectivity index (χ4n) is 0.863. The largest absolute Gasteiger partial charge is 0.469 e. The van der Waals surface area contributed by atoms with Gasteiger partial charge in [0.05, 0.1) is 6.26 Å². The Morgan fingerprint density at radius 1 is 1.70 bits per heavy atom. The Morgan fingerprint density at radius 3 is 2.80 bits per heavy atom. The van der Waals surface area contributed by atoms with Crippen molar-refractivity contribution in [2.75, 3.05) is 0 Å². The predicted octanol–water partition coefficient (Wildman–Crippen LogP) is 1.72. The van der Waals surface area contributed by atoms with E-state index in [1.165, 1.54) is 0 Å². The van der Waals surface area contributed by atoms with E-state index in [4.69, 9.17) is 4.42 Å². The van der Waals surface area contributed by atoms with Crippen LogP contribution >= 0.6 is 0 Å². The molecule has 1 aromatic rings. The number of carbonyl (C=O) groups is 1. The van der Waals surface area contributed by atoms with Crippen LogP contribution in [0.1, 0.15) is 18.2 Å². The van der Waals surface area contributed by atoms with Crippen LogP contribution in [0.4, 0.5) is 0 Å². The first kappa shape index (κ1) is 7.06. The Labute approximate surface area is 59.8 Å². The number of Topliss-reactive ketones (excluding diaryl/α,β-unsaturated/α-hetero) is 1. The third-order valence-corrected chi connectivity index (χ3v) is 1.41. The van der Waals surface area contributed by atoms with Crippen LogP contribution in [0.3, 0.4) is 0 Å². The van der Waals surface area contributed by atoms with Crippen LogP contribution in [0.5, 0.6) is 0 Å². The highest BCUT2D eigenvalue weighted by Crippen LogP contribution is 2.08. The fourth-order valence-corrected chi connectivity index (χ4v) is 0.863. The highest BCUT2D eigenvalue weighted by atomic mass is 16.3. The van der Waals surface area contributed by atoms with E-state index in [1.54, 1.807) is 13.2 Å². The predicted molar refractivity (Wildman–Crippen MR) is 37.8 cm³/mol. The number of rotatable bonds is 2. The summed E-state index contributed by atoms with van der Waals surface area (Å²) in [5.74, 6) is 1.01. The molecule has 0 N–H and O–H groups in total. The number of carbonyl (C=O) groups excluding carboxylic acids is 1. The van der Waals surface area contributed by atoms with E-state index < -0.39 is 0 Å². The third kappa shape index (κ3) is 1.47. The van der Waals surface area contributed by atoms with Crippen LogP contribution in [0.25, 0.3) is 0 Å². The normalized spacial score (nSPS) is 9.80. The number of furan rings is 1. The summed E-state index contributed by atoms with van der Waals surface area (Å²) in [5.41, 5.74) is 0.993. The van der Waals surface area contributed by atoms with Crippen LogP contribution in [0, 0.1) is 6.92 Å². The quantitative estimate of drug-likeness (QED) is 0.622. The maximum absolute atomic E-state index is 10.6. The topological polar surface area (TPSA) is 30.2 Å². The molecule has 1 heterocycles. The highest BCUT2D eigenvalue weighted by molar-refractivity contribution is 5.78. The Bertz CT molecular complexity index is 235. The van der Waals surface area contributed by atoms with Crippen molar-refractivity contribution in [3.05, 3.63) is 23.7 Å². The molecule has 0 aromatic carbocycles. The molecular weight excluding hydrogens is 128 g/mol. The summed E-state index contributed by atoms with van der Waals surface area (Å²) < 4.78 is 5.01. The summed E-state index contributed by atoms with van der Waals surface area (Å²) in [6.45, 7) is 3.44. The molecule has 0 radical (unpaired) electrons. The van der Waals surface area contributed by atoms with Crippen molar-refractivity contribution in [3.63, 3.8) is 0 Å². The molecule has 0 amide bonds. The molecule has 0 unspecified atom stereocenters. The van der Waals surface area contributed by atoms with Gasteiger partial charge in [0.25, 0.3) is 0 Å². The van der Waals surface area contributed by atoms with Crippen molar-refractivity contribution in [3.8, 4) is 0 Å². The second-order valence-corrected chi connectivity index (χ2v) is 2.38. The van der Waals surface area contributed by atoms with E-state index in [-0.39, 0.29) is 5.78 Å². The average molecular weight is 138 g/mol. The molecule has 0 aliphatic rings. The van der Waals surface area contributed by atoms with E-state index in [2.05, 4.69) is 0 Å². The lowest BCUT2D eigenvalue weighted by Crippen LogP contribution is -1.95. The van der Waals surface area contributed by atoms with Crippen LogP contribution in [0.2, 0.25) is 0 Å². The summed E-state index contributed by atoms with van der Waals surface area (Å²) >= 11 is 0. The van der Waals surface area contributed by atoms with Crippen LogP contribution < -0.4 is 0 Å². The molecular formula is C8H10O2. The molecule has 1 rings (SSSR count). The number of aryl methyl sites for hydroxylation is 1. The first-order valence-corrected chi connectivity index (χ1v) is 3.22. The van der Waals surface area contributed by atoms with Gasteiger partial charge in [-0.15, -0.1) is 0 Å². The third-order valence-electron chi connectivity index (χ3n) is 1.41. The SMILES string of the molecule is CC(=O)Cc1ccoc1C. The van der Waals surface area contributed by atoms with Crippen molar-refractivity contribution < 1.29 is 9.21 Å². The minimum Gasteiger partial charge on any atom is -0.469 e. The van der Waals surface area contributed by atoms with Gasteiger partial charge in [0.1, 0.15) is 11.5 Å².